The van der Waals surface area contributed by atoms with Gasteiger partial charge in [0.15, 0.2) is 0 Å². The molecule has 0 aliphatic heterocycles. The molecule has 0 aromatic heterocycles. The Kier molecular flexibility index (Phi) is 4.40. The van der Waals surface area contributed by atoms with Gasteiger partial charge in [-0.3, -0.25) is 0 Å². The molecule has 3 rings (SSSR count). The smallest absolute Gasteiger partial charge is 0.0849 e. The lowest BCUT2D eigenvalue weighted by atomic mass is 9.69. The van der Waals surface area contributed by atoms with Crippen molar-refractivity contribution in [1.82, 2.24) is 0 Å². The molecule has 2 aliphatic rings. The molecular weight excluding hydrogens is 256 g/mol. The van der Waals surface area contributed by atoms with Crippen molar-refractivity contribution < 1.29 is 5.11 Å². The molecule has 0 radical (unpaired) electrons. The third kappa shape index (κ3) is 2.90. The van der Waals surface area contributed by atoms with Crippen LogP contribution in [0.5, 0.6) is 0 Å². The Morgan fingerprint density at radius 2 is 1.76 bits per heavy atom. The predicted molar refractivity (Wildman–Crippen MR) is 88.3 cm³/mol. The quantitative estimate of drug-likeness (QED) is 0.747. The highest BCUT2D eigenvalue weighted by Crippen LogP contribution is 2.53. The molecule has 0 bridgehead atoms. The lowest BCUT2D eigenvalue weighted by Gasteiger charge is -2.39. The van der Waals surface area contributed by atoms with Gasteiger partial charge in [0.1, 0.15) is 0 Å². The van der Waals surface area contributed by atoms with Crippen LogP contribution in [0.15, 0.2) is 24.3 Å². The largest absolute Gasteiger partial charge is 0.388 e. The second-order valence-electron chi connectivity index (χ2n) is 7.83. The van der Waals surface area contributed by atoms with Gasteiger partial charge >= 0.3 is 0 Å². The average molecular weight is 286 g/mol. The van der Waals surface area contributed by atoms with Crippen LogP contribution in [-0.2, 0) is 0 Å². The summed E-state index contributed by atoms with van der Waals surface area (Å²) in [6.07, 6.45) is 9.84. The molecule has 1 aromatic rings. The Morgan fingerprint density at radius 1 is 1.10 bits per heavy atom. The number of aliphatic hydroxyl groups excluding tert-OH is 1. The molecule has 21 heavy (non-hydrogen) atoms. The van der Waals surface area contributed by atoms with Gasteiger partial charge in [-0.2, -0.15) is 0 Å². The third-order valence-corrected chi connectivity index (χ3v) is 5.83. The van der Waals surface area contributed by atoms with Crippen LogP contribution in [0.2, 0.25) is 0 Å². The van der Waals surface area contributed by atoms with Crippen molar-refractivity contribution in [1.29, 1.82) is 0 Å². The molecule has 1 N–H and O–H groups in total. The zero-order chi connectivity index (χ0) is 14.9. The monoisotopic (exact) mass is 286 g/mol. The number of benzene rings is 1. The van der Waals surface area contributed by atoms with E-state index in [1.165, 1.54) is 56.1 Å². The van der Waals surface area contributed by atoms with Crippen molar-refractivity contribution in [2.75, 3.05) is 0 Å². The normalized spacial score (nSPS) is 23.2. The molecule has 1 atom stereocenters. The lowest BCUT2D eigenvalue weighted by molar-refractivity contribution is 0.0101. The second kappa shape index (κ2) is 6.12. The fourth-order valence-electron chi connectivity index (χ4n) is 4.66. The van der Waals surface area contributed by atoms with E-state index in [9.17, 15) is 5.11 Å². The standard InChI is InChI=1S/C20H30O/c1-15(2)14-20(12-5-6-13-20)19(21)18-11-4-3-10-17(18)16-8-7-9-16/h3-4,10-11,15-16,19,21H,5-9,12-14H2,1-2H3. The fraction of sp³-hybridized carbons (Fsp3) is 0.700. The van der Waals surface area contributed by atoms with E-state index in [4.69, 9.17) is 0 Å². The highest BCUT2D eigenvalue weighted by Gasteiger charge is 2.42. The van der Waals surface area contributed by atoms with Gasteiger partial charge in [0, 0.05) is 5.41 Å². The molecular formula is C20H30O. The van der Waals surface area contributed by atoms with Gasteiger partial charge in [0.25, 0.3) is 0 Å². The summed E-state index contributed by atoms with van der Waals surface area (Å²) in [5.74, 6) is 1.36. The van der Waals surface area contributed by atoms with E-state index in [1.54, 1.807) is 0 Å². The highest BCUT2D eigenvalue weighted by atomic mass is 16.3. The third-order valence-electron chi connectivity index (χ3n) is 5.83. The summed E-state index contributed by atoms with van der Waals surface area (Å²) in [5, 5.41) is 11.3. The van der Waals surface area contributed by atoms with Crippen LogP contribution in [0, 0.1) is 11.3 Å². The Labute approximate surface area is 129 Å². The van der Waals surface area contributed by atoms with Gasteiger partial charge in [0.2, 0.25) is 0 Å². The van der Waals surface area contributed by atoms with Crippen molar-refractivity contribution in [3.63, 3.8) is 0 Å². The molecule has 0 saturated heterocycles. The summed E-state index contributed by atoms with van der Waals surface area (Å²) < 4.78 is 0. The van der Waals surface area contributed by atoms with Crippen molar-refractivity contribution in [2.45, 2.75) is 77.2 Å². The highest BCUT2D eigenvalue weighted by molar-refractivity contribution is 5.34. The second-order valence-corrected chi connectivity index (χ2v) is 7.83. The van der Waals surface area contributed by atoms with Crippen LogP contribution in [0.4, 0.5) is 0 Å². The summed E-state index contributed by atoms with van der Waals surface area (Å²) in [4.78, 5) is 0. The average Bonchev–Trinajstić information content (AvgIpc) is 2.85. The number of rotatable bonds is 5. The Bertz CT molecular complexity index is 466. The molecule has 2 saturated carbocycles. The van der Waals surface area contributed by atoms with Crippen LogP contribution in [-0.4, -0.2) is 5.11 Å². The zero-order valence-electron chi connectivity index (χ0n) is 13.6. The Balaban J connectivity index is 1.91. The first-order valence-electron chi connectivity index (χ1n) is 8.89. The summed E-state index contributed by atoms with van der Waals surface area (Å²) >= 11 is 0. The van der Waals surface area contributed by atoms with Crippen LogP contribution in [0.25, 0.3) is 0 Å². The van der Waals surface area contributed by atoms with Gasteiger partial charge in [-0.1, -0.05) is 57.4 Å². The number of hydrogen-bond acceptors (Lipinski definition) is 1. The van der Waals surface area contributed by atoms with E-state index in [2.05, 4.69) is 38.1 Å². The molecule has 2 aliphatic carbocycles. The Hall–Kier alpha value is -0.820. The summed E-state index contributed by atoms with van der Waals surface area (Å²) in [6.45, 7) is 4.59. The van der Waals surface area contributed by atoms with E-state index in [1.807, 2.05) is 0 Å². The molecule has 0 amide bonds. The predicted octanol–water partition coefficient (Wildman–Crippen LogP) is 5.59. The molecule has 0 heterocycles. The van der Waals surface area contributed by atoms with Crippen LogP contribution in [0.3, 0.4) is 0 Å². The summed E-state index contributed by atoms with van der Waals surface area (Å²) in [5.41, 5.74) is 2.81. The minimum absolute atomic E-state index is 0.133. The molecule has 1 nitrogen and oxygen atoms in total. The maximum atomic E-state index is 11.3. The minimum Gasteiger partial charge on any atom is -0.388 e. The molecule has 1 heteroatoms. The summed E-state index contributed by atoms with van der Waals surface area (Å²) in [6, 6.07) is 8.71. The molecule has 1 unspecified atom stereocenters. The summed E-state index contributed by atoms with van der Waals surface area (Å²) in [7, 11) is 0. The SMILES string of the molecule is CC(C)CC1(C(O)c2ccccc2C2CCC2)CCCC1. The van der Waals surface area contributed by atoms with Crippen molar-refractivity contribution in [2.24, 2.45) is 11.3 Å². The topological polar surface area (TPSA) is 20.2 Å². The zero-order valence-corrected chi connectivity index (χ0v) is 13.6. The van der Waals surface area contributed by atoms with Crippen LogP contribution in [0.1, 0.15) is 88.4 Å². The molecule has 2 fully saturated rings. The van der Waals surface area contributed by atoms with Crippen molar-refractivity contribution in [3.05, 3.63) is 35.4 Å². The van der Waals surface area contributed by atoms with E-state index in [0.717, 1.165) is 6.42 Å². The lowest BCUT2D eigenvalue weighted by Crippen LogP contribution is -2.29. The van der Waals surface area contributed by atoms with Crippen molar-refractivity contribution in [3.8, 4) is 0 Å². The number of aliphatic hydroxyl groups is 1. The Morgan fingerprint density at radius 3 is 2.33 bits per heavy atom. The van der Waals surface area contributed by atoms with E-state index in [0.29, 0.717) is 11.8 Å². The molecule has 116 valence electrons. The van der Waals surface area contributed by atoms with E-state index in [-0.39, 0.29) is 11.5 Å². The first-order chi connectivity index (χ1) is 10.1. The van der Waals surface area contributed by atoms with Gasteiger partial charge < -0.3 is 5.11 Å². The van der Waals surface area contributed by atoms with E-state index >= 15 is 0 Å². The minimum atomic E-state index is -0.265. The molecule has 0 spiro atoms. The maximum Gasteiger partial charge on any atom is 0.0849 e. The number of hydrogen-bond donors (Lipinski definition) is 1. The first-order valence-corrected chi connectivity index (χ1v) is 8.89. The fourth-order valence-corrected chi connectivity index (χ4v) is 4.66. The van der Waals surface area contributed by atoms with Gasteiger partial charge in [-0.15, -0.1) is 0 Å². The van der Waals surface area contributed by atoms with Gasteiger partial charge in [-0.25, -0.2) is 0 Å². The van der Waals surface area contributed by atoms with Gasteiger partial charge in [0.05, 0.1) is 6.10 Å². The maximum absolute atomic E-state index is 11.3. The van der Waals surface area contributed by atoms with Crippen LogP contribution < -0.4 is 0 Å². The molecule has 1 aromatic carbocycles. The van der Waals surface area contributed by atoms with Gasteiger partial charge in [-0.05, 0) is 55.1 Å². The first kappa shape index (κ1) is 15.1. The van der Waals surface area contributed by atoms with Crippen molar-refractivity contribution >= 4 is 0 Å². The van der Waals surface area contributed by atoms with Crippen LogP contribution >= 0.6 is 0 Å². The van der Waals surface area contributed by atoms with E-state index < -0.39 is 0 Å².